The molecule has 3 aliphatic rings. The normalized spacial score (nSPS) is 24.3. The molecule has 0 spiro atoms. The number of allylic oxidation sites excluding steroid dienone is 2. The predicted molar refractivity (Wildman–Crippen MR) is 172 cm³/mol. The lowest BCUT2D eigenvalue weighted by Crippen LogP contribution is -2.25. The van der Waals surface area contributed by atoms with Crippen molar-refractivity contribution < 1.29 is 24.2 Å². The third kappa shape index (κ3) is 4.42. The Morgan fingerprint density at radius 3 is 2.47 bits per heavy atom. The lowest BCUT2D eigenvalue weighted by atomic mass is 9.85. The summed E-state index contributed by atoms with van der Waals surface area (Å²) in [6.07, 6.45) is 8.43. The molecule has 8 bridgehead atoms. The van der Waals surface area contributed by atoms with Crippen LogP contribution in [-0.4, -0.2) is 44.6 Å². The van der Waals surface area contributed by atoms with E-state index in [2.05, 4.69) is 28.8 Å². The van der Waals surface area contributed by atoms with Crippen LogP contribution in [0.3, 0.4) is 0 Å². The average Bonchev–Trinajstić information content (AvgIpc) is 3.73. The maximum absolute atomic E-state index is 14.3. The van der Waals surface area contributed by atoms with Gasteiger partial charge in [-0.3, -0.25) is 14.4 Å². The van der Waals surface area contributed by atoms with Crippen LogP contribution >= 0.6 is 0 Å². The van der Waals surface area contributed by atoms with E-state index in [1.54, 1.807) is 13.0 Å². The molecule has 0 unspecified atom stereocenters. The molecule has 1 fully saturated rings. The number of carbonyl (C=O) groups excluding carboxylic acids is 2. The summed E-state index contributed by atoms with van der Waals surface area (Å²) in [6.45, 7) is 13.9. The van der Waals surface area contributed by atoms with E-state index >= 15 is 0 Å². The number of nitrogens with one attached hydrogen (secondary N) is 3. The Bertz CT molecular complexity index is 2010. The highest BCUT2D eigenvalue weighted by Gasteiger charge is 2.49. The molecule has 3 aromatic rings. The van der Waals surface area contributed by atoms with Crippen molar-refractivity contribution >= 4 is 47.6 Å². The number of esters is 1. The number of rotatable bonds is 6. The summed E-state index contributed by atoms with van der Waals surface area (Å²) < 4.78 is 5.84. The van der Waals surface area contributed by atoms with E-state index < -0.39 is 29.6 Å². The summed E-state index contributed by atoms with van der Waals surface area (Å²) in [5, 5.41) is 29.0. The smallest absolute Gasteiger partial charge is 0.321 e. The summed E-state index contributed by atoms with van der Waals surface area (Å²) in [6, 6.07) is 0. The van der Waals surface area contributed by atoms with Gasteiger partial charge in [0.2, 0.25) is 0 Å². The number of hydrogen-bond donors (Lipinski definition) is 4. The maximum atomic E-state index is 14.3. The van der Waals surface area contributed by atoms with Crippen LogP contribution in [0, 0.1) is 43.7 Å². The van der Waals surface area contributed by atoms with Crippen molar-refractivity contribution in [2.45, 2.75) is 53.9 Å². The molecule has 234 valence electrons. The second-order valence-corrected chi connectivity index (χ2v) is 12.1. The molecule has 1 aliphatic carbocycles. The van der Waals surface area contributed by atoms with Crippen molar-refractivity contribution in [3.63, 3.8) is 0 Å². The van der Waals surface area contributed by atoms with E-state index in [1.807, 2.05) is 39.0 Å². The Labute approximate surface area is 260 Å². The first kappa shape index (κ1) is 30.1. The number of methoxy groups -OCH3 is 1. The monoisotopic (exact) mass is 609 g/mol. The van der Waals surface area contributed by atoms with Crippen LogP contribution in [0.1, 0.15) is 87.6 Å². The number of H-pyrrole nitrogens is 2. The molecule has 45 heavy (non-hydrogen) atoms. The van der Waals surface area contributed by atoms with Crippen LogP contribution in [-0.2, 0) is 20.7 Å². The molecule has 0 radical (unpaired) electrons. The van der Waals surface area contributed by atoms with Gasteiger partial charge in [0.1, 0.15) is 5.92 Å². The largest absolute Gasteiger partial charge is 0.805 e. The van der Waals surface area contributed by atoms with Crippen LogP contribution in [0.25, 0.3) is 29.9 Å². The number of aliphatic carboxylic acids is 1. The van der Waals surface area contributed by atoms with Gasteiger partial charge in [-0.25, -0.2) is 0 Å². The molecule has 1 saturated heterocycles. The molecule has 6 rings (SSSR count). The second kappa shape index (κ2) is 10.9. The number of ether oxygens (including phenoxy) is 1. The van der Waals surface area contributed by atoms with Crippen molar-refractivity contribution in [2.75, 3.05) is 7.11 Å². The Morgan fingerprint density at radius 2 is 1.82 bits per heavy atom. The molecular weight excluding hydrogens is 572 g/mol. The van der Waals surface area contributed by atoms with Gasteiger partial charge < -0.3 is 35.1 Å². The lowest BCUT2D eigenvalue weighted by Gasteiger charge is -2.23. The number of fused-ring (bicyclic) bond motifs is 7. The van der Waals surface area contributed by atoms with Crippen molar-refractivity contribution in [3.05, 3.63) is 90.0 Å². The molecule has 0 saturated carbocycles. The number of carboxylic acid groups (broad SMARTS) is 1. The van der Waals surface area contributed by atoms with Gasteiger partial charge >= 0.3 is 11.9 Å². The van der Waals surface area contributed by atoms with Crippen molar-refractivity contribution in [1.82, 2.24) is 20.0 Å². The first-order chi connectivity index (χ1) is 21.4. The molecule has 0 aromatic carbocycles. The van der Waals surface area contributed by atoms with Crippen molar-refractivity contribution in [3.8, 4) is 0 Å². The minimum Gasteiger partial charge on any atom is -0.805 e. The van der Waals surface area contributed by atoms with Gasteiger partial charge in [-0.05, 0) is 74.1 Å². The summed E-state index contributed by atoms with van der Waals surface area (Å²) in [5.41, 5.74) is 8.32. The van der Waals surface area contributed by atoms with Gasteiger partial charge in [-0.15, -0.1) is 0 Å². The standard InChI is InChI=1S/C35H37N4O6/c1-8-19-15(3)22-12-24-17(5)21(10-11-28(40)41)32(38-24)30-31(35(43)45-7)34(42)29-18(6)27(39(44)33(29)30)14-26-20(9-2)16(4)23(37-26)13-25(19)36-22/h8,12-14,17,21,31,36-38H,1,9-11H2,2-7H3,(H,40,41)/q-1/b23-13-,24-12-,26-14-,32-30-/t17-,21-,31+/m0/s1. The Balaban J connectivity index is 1.77. The number of carbonyl (C=O) groups is 3. The molecule has 10 nitrogen and oxygen atoms in total. The molecule has 4 N–H and O–H groups in total. The van der Waals surface area contributed by atoms with Crippen molar-refractivity contribution in [2.24, 2.45) is 17.8 Å². The second-order valence-electron chi connectivity index (χ2n) is 12.1. The fourth-order valence-corrected chi connectivity index (χ4v) is 7.38. The van der Waals surface area contributed by atoms with Gasteiger partial charge in [0.25, 0.3) is 0 Å². The highest BCUT2D eigenvalue weighted by atomic mass is 16.5. The van der Waals surface area contributed by atoms with Crippen LogP contribution in [0.2, 0.25) is 0 Å². The number of hydrogen-bond acceptors (Lipinski definition) is 6. The highest BCUT2D eigenvalue weighted by molar-refractivity contribution is 6.24. The molecule has 3 aromatic heterocycles. The lowest BCUT2D eigenvalue weighted by molar-refractivity contribution is -0.142. The van der Waals surface area contributed by atoms with Crippen LogP contribution in [0.15, 0.2) is 18.0 Å². The van der Waals surface area contributed by atoms with Gasteiger partial charge in [-0.1, -0.05) is 26.5 Å². The third-order valence-corrected chi connectivity index (χ3v) is 9.86. The Hall–Kier alpha value is -4.99. The topological polar surface area (TPSA) is 152 Å². The van der Waals surface area contributed by atoms with Gasteiger partial charge in [0.15, 0.2) is 5.78 Å². The van der Waals surface area contributed by atoms with Gasteiger partial charge in [0, 0.05) is 74.1 Å². The van der Waals surface area contributed by atoms with Crippen molar-refractivity contribution in [1.29, 1.82) is 0 Å². The number of Topliss-reactive ketones (excluding diaryl/α,β-unsaturated/α-hetero) is 1. The average molecular weight is 610 g/mol. The Morgan fingerprint density at radius 1 is 1.09 bits per heavy atom. The number of aromatic amines is 2. The molecule has 10 heteroatoms. The third-order valence-electron chi connectivity index (χ3n) is 9.86. The van der Waals surface area contributed by atoms with Gasteiger partial charge in [-0.2, -0.15) is 0 Å². The van der Waals surface area contributed by atoms with E-state index in [0.29, 0.717) is 23.4 Å². The first-order valence-electron chi connectivity index (χ1n) is 15.2. The SMILES string of the molecule is C=Cc1c2[nH]c(c1C)/C=C1\N/C(=C3\c4c(c(C)c(n4[O-])/C=c4\[nH]/c(c(C)c4CC)=C\2)C(=O)[C@@H]3C(=O)OC)[C@@H](CCC(=O)O)[C@@H]1C. The maximum Gasteiger partial charge on any atom is 0.321 e. The summed E-state index contributed by atoms with van der Waals surface area (Å²) in [7, 11) is 1.21. The van der Waals surface area contributed by atoms with E-state index in [1.165, 1.54) is 7.11 Å². The summed E-state index contributed by atoms with van der Waals surface area (Å²) in [4.78, 5) is 46.1. The number of nitrogens with zero attached hydrogens (tertiary/aromatic N) is 1. The van der Waals surface area contributed by atoms with E-state index in [4.69, 9.17) is 4.74 Å². The predicted octanol–water partition coefficient (Wildman–Crippen LogP) is 4.05. The summed E-state index contributed by atoms with van der Waals surface area (Å²) >= 11 is 0. The zero-order valence-corrected chi connectivity index (χ0v) is 26.3. The van der Waals surface area contributed by atoms with Gasteiger partial charge in [0.05, 0.1) is 12.8 Å². The van der Waals surface area contributed by atoms with E-state index in [9.17, 15) is 24.7 Å². The molecular formula is C35H37N4O6-. The molecule has 0 amide bonds. The quantitative estimate of drug-likeness (QED) is 0.243. The zero-order chi connectivity index (χ0) is 32.5. The zero-order valence-electron chi connectivity index (χ0n) is 26.3. The molecule has 2 aliphatic heterocycles. The fourth-order valence-electron chi connectivity index (χ4n) is 7.38. The molecule has 3 atom stereocenters. The van der Waals surface area contributed by atoms with Crippen LogP contribution < -0.4 is 16.0 Å². The number of ketones is 1. The van der Waals surface area contributed by atoms with Crippen LogP contribution in [0.4, 0.5) is 0 Å². The molecule has 5 heterocycles. The Kier molecular flexibility index (Phi) is 7.26. The van der Waals surface area contributed by atoms with E-state index in [-0.39, 0.29) is 35.6 Å². The number of carboxylic acids is 1. The van der Waals surface area contributed by atoms with Crippen LogP contribution in [0.5, 0.6) is 0 Å². The first-order valence-corrected chi connectivity index (χ1v) is 15.2. The minimum absolute atomic E-state index is 0.114. The fraction of sp³-hybridized carbons (Fsp3) is 0.343. The minimum atomic E-state index is -1.35. The van der Waals surface area contributed by atoms with E-state index in [0.717, 1.165) is 54.8 Å². The number of aromatic nitrogens is 3. The summed E-state index contributed by atoms with van der Waals surface area (Å²) in [5.74, 6) is -4.21. The highest BCUT2D eigenvalue weighted by Crippen LogP contribution is 2.49.